The molecule has 1 fully saturated rings. The maximum absolute atomic E-state index is 14.2. The lowest BCUT2D eigenvalue weighted by atomic mass is 9.74. The van der Waals surface area contributed by atoms with Crippen LogP contribution in [0.25, 0.3) is 11.1 Å². The van der Waals surface area contributed by atoms with Crippen molar-refractivity contribution in [3.8, 4) is 17.2 Å². The summed E-state index contributed by atoms with van der Waals surface area (Å²) in [5.74, 6) is -0.196. The topological polar surface area (TPSA) is 144 Å². The van der Waals surface area contributed by atoms with Crippen molar-refractivity contribution >= 4 is 11.5 Å². The number of amidine groups is 1. The predicted molar refractivity (Wildman–Crippen MR) is 129 cm³/mol. The third kappa shape index (κ3) is 5.11. The van der Waals surface area contributed by atoms with E-state index >= 15 is 0 Å². The summed E-state index contributed by atoms with van der Waals surface area (Å²) < 4.78 is 19.1. The number of benzene rings is 2. The largest absolute Gasteiger partial charge is 0.405 e. The molecule has 4 rings (SSSR count). The van der Waals surface area contributed by atoms with Gasteiger partial charge in [-0.15, -0.1) is 0 Å². The molecule has 1 unspecified atom stereocenters. The Morgan fingerprint density at radius 1 is 1.11 bits per heavy atom. The summed E-state index contributed by atoms with van der Waals surface area (Å²) in [7, 11) is 0. The van der Waals surface area contributed by atoms with E-state index in [4.69, 9.17) is 20.5 Å². The minimum atomic E-state index is -3.17. The van der Waals surface area contributed by atoms with Crippen LogP contribution in [0.3, 0.4) is 0 Å². The van der Waals surface area contributed by atoms with Gasteiger partial charge in [0.1, 0.15) is 11.7 Å². The SMILES string of the molecule is CCc1ccc(-c2cc(F)cc(C#N)c2)cc1C1(C2CCC(OC(O)(O)O)CC2)N=C(C)C(N)=N1. The van der Waals surface area contributed by atoms with Crippen molar-refractivity contribution in [3.05, 3.63) is 58.9 Å². The van der Waals surface area contributed by atoms with E-state index in [2.05, 4.69) is 0 Å². The molecule has 1 aliphatic heterocycles. The molecule has 2 aromatic rings. The average Bonchev–Trinajstić information content (AvgIpc) is 3.12. The van der Waals surface area contributed by atoms with E-state index < -0.39 is 23.7 Å². The average molecular weight is 481 g/mol. The molecular weight excluding hydrogens is 451 g/mol. The van der Waals surface area contributed by atoms with Crippen molar-refractivity contribution in [2.45, 2.75) is 63.9 Å². The zero-order valence-corrected chi connectivity index (χ0v) is 19.7. The van der Waals surface area contributed by atoms with Crippen molar-refractivity contribution in [3.63, 3.8) is 0 Å². The first kappa shape index (κ1) is 24.9. The van der Waals surface area contributed by atoms with E-state index in [0.717, 1.165) is 16.7 Å². The first-order chi connectivity index (χ1) is 16.5. The van der Waals surface area contributed by atoms with Crippen molar-refractivity contribution in [1.29, 1.82) is 5.26 Å². The summed E-state index contributed by atoms with van der Waals surface area (Å²) in [6.45, 7) is 3.85. The van der Waals surface area contributed by atoms with Crippen LogP contribution in [-0.4, -0.2) is 39.1 Å². The Bertz CT molecular complexity index is 1200. The summed E-state index contributed by atoms with van der Waals surface area (Å²) in [6, 6.07) is 12.1. The fourth-order valence-electron chi connectivity index (χ4n) is 5.16. The molecule has 2 aromatic carbocycles. The van der Waals surface area contributed by atoms with E-state index in [1.807, 2.05) is 38.1 Å². The number of aliphatic imine (C=N–C) groups is 2. The van der Waals surface area contributed by atoms with Crippen LogP contribution in [0.1, 0.15) is 56.2 Å². The number of nitrogens with two attached hydrogens (primary N) is 1. The fraction of sp³-hybridized carbons (Fsp3) is 0.423. The Kier molecular flexibility index (Phi) is 6.75. The normalized spacial score (nSPS) is 24.6. The summed E-state index contributed by atoms with van der Waals surface area (Å²) in [6.07, 6.45) is -0.844. The highest BCUT2D eigenvalue weighted by Crippen LogP contribution is 2.48. The smallest absolute Gasteiger partial charge is 0.382 e. The van der Waals surface area contributed by atoms with E-state index in [1.165, 1.54) is 12.1 Å². The van der Waals surface area contributed by atoms with Gasteiger partial charge in [-0.05, 0) is 80.0 Å². The van der Waals surface area contributed by atoms with Gasteiger partial charge in [0, 0.05) is 11.5 Å². The monoisotopic (exact) mass is 480 g/mol. The van der Waals surface area contributed by atoms with Crippen LogP contribution in [0.5, 0.6) is 0 Å². The number of rotatable bonds is 6. The lowest BCUT2D eigenvalue weighted by Gasteiger charge is -2.39. The number of nitriles is 1. The highest BCUT2D eigenvalue weighted by Gasteiger charge is 2.46. The van der Waals surface area contributed by atoms with Crippen LogP contribution in [-0.2, 0) is 16.8 Å². The van der Waals surface area contributed by atoms with Gasteiger partial charge >= 0.3 is 6.16 Å². The molecule has 184 valence electrons. The third-order valence-corrected chi connectivity index (χ3v) is 6.82. The maximum Gasteiger partial charge on any atom is 0.405 e. The van der Waals surface area contributed by atoms with Gasteiger partial charge in [-0.25, -0.2) is 9.38 Å². The molecule has 0 aromatic heterocycles. The lowest BCUT2D eigenvalue weighted by Crippen LogP contribution is -2.40. The third-order valence-electron chi connectivity index (χ3n) is 6.82. The number of hydrogen-bond donors (Lipinski definition) is 4. The van der Waals surface area contributed by atoms with Crippen LogP contribution >= 0.6 is 0 Å². The Hall–Kier alpha value is -3.16. The number of hydrogen-bond acceptors (Lipinski definition) is 8. The second-order valence-electron chi connectivity index (χ2n) is 9.15. The summed E-state index contributed by atoms with van der Waals surface area (Å²) in [5, 5.41) is 36.9. The molecule has 2 aliphatic rings. The zero-order chi connectivity index (χ0) is 25.4. The Balaban J connectivity index is 1.78. The molecule has 0 saturated heterocycles. The highest BCUT2D eigenvalue weighted by molar-refractivity contribution is 6.41. The van der Waals surface area contributed by atoms with E-state index in [1.54, 1.807) is 6.07 Å². The molecule has 1 heterocycles. The second kappa shape index (κ2) is 9.47. The quantitative estimate of drug-likeness (QED) is 0.468. The molecule has 0 bridgehead atoms. The molecule has 1 saturated carbocycles. The van der Waals surface area contributed by atoms with Crippen molar-refractivity contribution in [2.24, 2.45) is 21.6 Å². The molecule has 8 nitrogen and oxygen atoms in total. The fourth-order valence-corrected chi connectivity index (χ4v) is 5.16. The van der Waals surface area contributed by atoms with Crippen molar-refractivity contribution in [1.82, 2.24) is 0 Å². The zero-order valence-electron chi connectivity index (χ0n) is 19.7. The molecule has 35 heavy (non-hydrogen) atoms. The van der Waals surface area contributed by atoms with Gasteiger partial charge < -0.3 is 25.8 Å². The van der Waals surface area contributed by atoms with Gasteiger partial charge in [0.15, 0.2) is 5.66 Å². The van der Waals surface area contributed by atoms with Gasteiger partial charge in [0.2, 0.25) is 0 Å². The Morgan fingerprint density at radius 2 is 1.83 bits per heavy atom. The van der Waals surface area contributed by atoms with Crippen LogP contribution in [0.4, 0.5) is 4.39 Å². The lowest BCUT2D eigenvalue weighted by molar-refractivity contribution is -0.467. The molecule has 1 aliphatic carbocycles. The molecule has 9 heteroatoms. The maximum atomic E-state index is 14.2. The van der Waals surface area contributed by atoms with Crippen LogP contribution in [0, 0.1) is 23.1 Å². The first-order valence-corrected chi connectivity index (χ1v) is 11.7. The van der Waals surface area contributed by atoms with Crippen LogP contribution in [0.2, 0.25) is 0 Å². The van der Waals surface area contributed by atoms with Crippen LogP contribution < -0.4 is 5.73 Å². The van der Waals surface area contributed by atoms with E-state index in [0.29, 0.717) is 49.2 Å². The molecule has 0 radical (unpaired) electrons. The van der Waals surface area contributed by atoms with Crippen molar-refractivity contribution in [2.75, 3.05) is 0 Å². The molecule has 5 N–H and O–H groups in total. The highest BCUT2D eigenvalue weighted by atomic mass is 19.1. The number of halogens is 1. The molecule has 0 amide bonds. The Morgan fingerprint density at radius 3 is 2.40 bits per heavy atom. The second-order valence-corrected chi connectivity index (χ2v) is 9.15. The van der Waals surface area contributed by atoms with Gasteiger partial charge in [0.05, 0.1) is 23.4 Å². The number of aliphatic hydroxyl groups is 3. The summed E-state index contributed by atoms with van der Waals surface area (Å²) in [4.78, 5) is 9.83. The molecule has 1 atom stereocenters. The number of nitrogens with zero attached hydrogens (tertiary/aromatic N) is 3. The molecular formula is C26H29FN4O4. The van der Waals surface area contributed by atoms with Crippen LogP contribution in [0.15, 0.2) is 46.4 Å². The predicted octanol–water partition coefficient (Wildman–Crippen LogP) is 3.07. The Labute approximate surface area is 203 Å². The van der Waals surface area contributed by atoms with E-state index in [-0.39, 0.29) is 11.5 Å². The number of aryl methyl sites for hydroxylation is 1. The number of ether oxygens (including phenoxy) is 1. The summed E-state index contributed by atoms with van der Waals surface area (Å²) in [5.41, 5.74) is 9.31. The molecule has 0 spiro atoms. The standard InChI is InChI=1S/C26H29FN4O4/c1-3-17-4-5-18(19-10-16(14-28)11-21(27)12-19)13-23(17)25(30-15(2)24(29)31-25)20-6-8-22(9-7-20)35-26(32,33)34/h4-5,10-13,20,22,32-34H,3,6-9H2,1-2H3,(H2,29,31). The minimum absolute atomic E-state index is 0.0634. The minimum Gasteiger partial charge on any atom is -0.382 e. The van der Waals surface area contributed by atoms with Gasteiger partial charge in [-0.1, -0.05) is 19.1 Å². The summed E-state index contributed by atoms with van der Waals surface area (Å²) >= 11 is 0. The van der Waals surface area contributed by atoms with Crippen molar-refractivity contribution < 1.29 is 24.4 Å². The van der Waals surface area contributed by atoms with E-state index in [9.17, 15) is 25.0 Å². The van der Waals surface area contributed by atoms with Gasteiger partial charge in [-0.2, -0.15) is 5.26 Å². The van der Waals surface area contributed by atoms with Gasteiger partial charge in [0.25, 0.3) is 0 Å². The first-order valence-electron chi connectivity index (χ1n) is 11.7. The van der Waals surface area contributed by atoms with Gasteiger partial charge in [-0.3, -0.25) is 4.99 Å².